The maximum atomic E-state index is 11.8. The number of hydrogen-bond donors (Lipinski definition) is 4. The minimum absolute atomic E-state index is 0.101. The lowest BCUT2D eigenvalue weighted by atomic mass is 10.1. The van der Waals surface area contributed by atoms with Gasteiger partial charge in [-0.05, 0) is 38.0 Å². The fourth-order valence-electron chi connectivity index (χ4n) is 2.61. The molecule has 1 aliphatic rings. The van der Waals surface area contributed by atoms with Crippen LogP contribution in [-0.4, -0.2) is 30.2 Å². The van der Waals surface area contributed by atoms with Crippen molar-refractivity contribution in [1.29, 1.82) is 0 Å². The van der Waals surface area contributed by atoms with Crippen LogP contribution in [0.25, 0.3) is 0 Å². The Morgan fingerprint density at radius 3 is 2.90 bits per heavy atom. The first-order valence-corrected chi connectivity index (χ1v) is 7.21. The number of aliphatic hydroxyl groups excluding tert-OH is 1. The number of hydrogen-bond acceptors (Lipinski definition) is 4. The lowest BCUT2D eigenvalue weighted by molar-refractivity contribution is 0.0956. The maximum absolute atomic E-state index is 11.8. The molecule has 1 fully saturated rings. The quantitative estimate of drug-likeness (QED) is 0.616. The number of amides is 1. The number of rotatable bonds is 5. The van der Waals surface area contributed by atoms with E-state index in [4.69, 9.17) is 5.73 Å². The van der Waals surface area contributed by atoms with Crippen molar-refractivity contribution in [3.63, 3.8) is 0 Å². The average molecular weight is 277 g/mol. The van der Waals surface area contributed by atoms with Crippen LogP contribution in [0.4, 0.5) is 11.4 Å². The zero-order valence-electron chi connectivity index (χ0n) is 11.9. The third kappa shape index (κ3) is 3.42. The van der Waals surface area contributed by atoms with E-state index in [1.165, 1.54) is 0 Å². The molecule has 1 aromatic carbocycles. The van der Waals surface area contributed by atoms with Gasteiger partial charge >= 0.3 is 0 Å². The van der Waals surface area contributed by atoms with Crippen molar-refractivity contribution in [2.45, 2.75) is 32.3 Å². The number of aliphatic hydroxyl groups is 1. The molecule has 110 valence electrons. The molecule has 1 saturated carbocycles. The Balaban J connectivity index is 2.02. The summed E-state index contributed by atoms with van der Waals surface area (Å²) in [6.45, 7) is 3.17. The van der Waals surface area contributed by atoms with Gasteiger partial charge in [-0.3, -0.25) is 4.79 Å². The largest absolute Gasteiger partial charge is 0.397 e. The van der Waals surface area contributed by atoms with E-state index in [-0.39, 0.29) is 17.9 Å². The molecule has 1 aliphatic carbocycles. The molecule has 5 heteroatoms. The van der Waals surface area contributed by atoms with E-state index in [0.29, 0.717) is 24.3 Å². The second-order valence-corrected chi connectivity index (χ2v) is 5.30. The van der Waals surface area contributed by atoms with E-state index in [1.807, 2.05) is 6.92 Å². The highest BCUT2D eigenvalue weighted by Crippen LogP contribution is 2.27. The number of benzene rings is 1. The summed E-state index contributed by atoms with van der Waals surface area (Å²) in [5, 5.41) is 15.8. The molecule has 2 rings (SSSR count). The molecule has 1 amide bonds. The van der Waals surface area contributed by atoms with E-state index in [9.17, 15) is 9.90 Å². The number of carbonyl (C=O) groups is 1. The average Bonchev–Trinajstić information content (AvgIpc) is 2.83. The number of nitrogens with two attached hydrogens (primary N) is 1. The summed E-state index contributed by atoms with van der Waals surface area (Å²) in [4.78, 5) is 11.8. The van der Waals surface area contributed by atoms with Crippen LogP contribution in [-0.2, 0) is 0 Å². The summed E-state index contributed by atoms with van der Waals surface area (Å²) in [5.74, 6) is 0.166. The van der Waals surface area contributed by atoms with E-state index in [2.05, 4.69) is 10.6 Å². The molecule has 0 bridgehead atoms. The highest BCUT2D eigenvalue weighted by molar-refractivity contribution is 5.96. The Morgan fingerprint density at radius 1 is 1.45 bits per heavy atom. The van der Waals surface area contributed by atoms with Crippen LogP contribution in [0.5, 0.6) is 0 Å². The fraction of sp³-hybridized carbons (Fsp3) is 0.533. The van der Waals surface area contributed by atoms with Crippen molar-refractivity contribution in [3.05, 3.63) is 23.8 Å². The molecule has 20 heavy (non-hydrogen) atoms. The third-order valence-electron chi connectivity index (χ3n) is 3.83. The summed E-state index contributed by atoms with van der Waals surface area (Å²) in [5.41, 5.74) is 7.89. The highest BCUT2D eigenvalue weighted by atomic mass is 16.3. The van der Waals surface area contributed by atoms with E-state index < -0.39 is 0 Å². The second kappa shape index (κ2) is 6.61. The van der Waals surface area contributed by atoms with Gasteiger partial charge in [0.2, 0.25) is 0 Å². The van der Waals surface area contributed by atoms with Gasteiger partial charge in [0.05, 0.1) is 17.5 Å². The molecule has 5 nitrogen and oxygen atoms in total. The zero-order valence-corrected chi connectivity index (χ0v) is 11.9. The first-order valence-electron chi connectivity index (χ1n) is 7.21. The van der Waals surface area contributed by atoms with E-state index in [0.717, 1.165) is 24.9 Å². The van der Waals surface area contributed by atoms with Crippen molar-refractivity contribution in [1.82, 2.24) is 5.32 Å². The molecule has 0 spiro atoms. The molecule has 5 N–H and O–H groups in total. The third-order valence-corrected chi connectivity index (χ3v) is 3.83. The number of carbonyl (C=O) groups excluding carboxylic acids is 1. The molecule has 0 heterocycles. The molecular weight excluding hydrogens is 254 g/mol. The van der Waals surface area contributed by atoms with Crippen LogP contribution in [0, 0.1) is 5.92 Å². The summed E-state index contributed by atoms with van der Waals surface area (Å²) in [7, 11) is 0. The van der Waals surface area contributed by atoms with Crippen molar-refractivity contribution in [2.75, 3.05) is 24.1 Å². The fourth-order valence-corrected chi connectivity index (χ4v) is 2.61. The summed E-state index contributed by atoms with van der Waals surface area (Å²) >= 11 is 0. The predicted molar refractivity (Wildman–Crippen MR) is 80.7 cm³/mol. The van der Waals surface area contributed by atoms with Crippen molar-refractivity contribution < 1.29 is 9.90 Å². The van der Waals surface area contributed by atoms with Crippen LogP contribution >= 0.6 is 0 Å². The monoisotopic (exact) mass is 277 g/mol. The Kier molecular flexibility index (Phi) is 4.84. The van der Waals surface area contributed by atoms with Gasteiger partial charge in [-0.2, -0.15) is 0 Å². The molecule has 1 aromatic rings. The molecule has 0 aliphatic heterocycles. The van der Waals surface area contributed by atoms with Gasteiger partial charge in [0.25, 0.3) is 5.91 Å². The van der Waals surface area contributed by atoms with E-state index >= 15 is 0 Å². The van der Waals surface area contributed by atoms with Crippen molar-refractivity contribution in [2.24, 2.45) is 5.92 Å². The van der Waals surface area contributed by atoms with E-state index in [1.54, 1.807) is 18.2 Å². The minimum atomic E-state index is -0.227. The molecule has 0 radical (unpaired) electrons. The standard InChI is InChI=1S/C15H23N3O2/c1-2-17-15(20)10-6-7-12(16)13(8-10)18-9-11-4-3-5-14(11)19/h6-8,11,14,18-19H,2-5,9,16H2,1H3,(H,17,20). The molecule has 2 unspecified atom stereocenters. The second-order valence-electron chi connectivity index (χ2n) is 5.30. The number of nitrogen functional groups attached to an aromatic ring is 1. The van der Waals surface area contributed by atoms with Gasteiger partial charge in [-0.1, -0.05) is 6.42 Å². The van der Waals surface area contributed by atoms with Crippen molar-refractivity contribution >= 4 is 17.3 Å². The smallest absolute Gasteiger partial charge is 0.251 e. The van der Waals surface area contributed by atoms with Crippen LogP contribution < -0.4 is 16.4 Å². The Bertz CT molecular complexity index is 476. The van der Waals surface area contributed by atoms with Crippen LogP contribution in [0.15, 0.2) is 18.2 Å². The van der Waals surface area contributed by atoms with Crippen LogP contribution in [0.3, 0.4) is 0 Å². The molecule has 0 saturated heterocycles. The maximum Gasteiger partial charge on any atom is 0.251 e. The normalized spacial score (nSPS) is 21.7. The van der Waals surface area contributed by atoms with Gasteiger partial charge < -0.3 is 21.5 Å². The lowest BCUT2D eigenvalue weighted by Crippen LogP contribution is -2.24. The summed E-state index contributed by atoms with van der Waals surface area (Å²) < 4.78 is 0. The topological polar surface area (TPSA) is 87.4 Å². The van der Waals surface area contributed by atoms with Gasteiger partial charge in [-0.25, -0.2) is 0 Å². The molecular formula is C15H23N3O2. The molecule has 2 atom stereocenters. The predicted octanol–water partition coefficient (Wildman–Crippen LogP) is 1.59. The van der Waals surface area contributed by atoms with Gasteiger partial charge in [0.15, 0.2) is 0 Å². The number of anilines is 2. The van der Waals surface area contributed by atoms with Gasteiger partial charge in [-0.15, -0.1) is 0 Å². The molecule has 0 aromatic heterocycles. The minimum Gasteiger partial charge on any atom is -0.397 e. The van der Waals surface area contributed by atoms with Gasteiger partial charge in [0, 0.05) is 24.6 Å². The first kappa shape index (κ1) is 14.7. The Hall–Kier alpha value is -1.75. The lowest BCUT2D eigenvalue weighted by Gasteiger charge is -2.17. The SMILES string of the molecule is CCNC(=O)c1ccc(N)c(NCC2CCCC2O)c1. The van der Waals surface area contributed by atoms with Crippen LogP contribution in [0.2, 0.25) is 0 Å². The summed E-state index contributed by atoms with van der Waals surface area (Å²) in [6.07, 6.45) is 2.75. The highest BCUT2D eigenvalue weighted by Gasteiger charge is 2.24. The van der Waals surface area contributed by atoms with Gasteiger partial charge in [0.1, 0.15) is 0 Å². The Labute approximate surface area is 119 Å². The first-order chi connectivity index (χ1) is 9.61. The zero-order chi connectivity index (χ0) is 14.5. The Morgan fingerprint density at radius 2 is 2.25 bits per heavy atom. The van der Waals surface area contributed by atoms with Crippen molar-refractivity contribution in [3.8, 4) is 0 Å². The number of nitrogens with one attached hydrogen (secondary N) is 2. The van der Waals surface area contributed by atoms with Crippen LogP contribution in [0.1, 0.15) is 36.5 Å². The summed E-state index contributed by atoms with van der Waals surface area (Å²) in [6, 6.07) is 5.22.